The predicted molar refractivity (Wildman–Crippen MR) is 296 cm³/mol. The molecule has 0 N–H and O–H groups in total. The van der Waals surface area contributed by atoms with Gasteiger partial charge in [-0.2, -0.15) is 0 Å². The molecule has 69 heavy (non-hydrogen) atoms. The van der Waals surface area contributed by atoms with E-state index in [1.54, 1.807) is 0 Å². The summed E-state index contributed by atoms with van der Waals surface area (Å²) in [6, 6.07) is 61.3. The molecule has 0 amide bonds. The highest BCUT2D eigenvalue weighted by atomic mass is 14.4. The number of hydrogen-bond donors (Lipinski definition) is 0. The maximum absolute atomic E-state index is 3.97. The third kappa shape index (κ3) is 7.50. The van der Waals surface area contributed by atoms with Crippen molar-refractivity contribution in [3.63, 3.8) is 0 Å². The molecule has 8 aromatic rings. The van der Waals surface area contributed by atoms with Gasteiger partial charge in [0.05, 0.1) is 0 Å². The molecule has 0 heterocycles. The quantitative estimate of drug-likeness (QED) is 0.101. The molecular weight excluding hydrogens is 829 g/mol. The average Bonchev–Trinajstić information content (AvgIpc) is 3.85. The van der Waals surface area contributed by atoms with Gasteiger partial charge in [0.2, 0.25) is 0 Å². The zero-order chi connectivity index (χ0) is 47.8. The highest BCUT2D eigenvalue weighted by molar-refractivity contribution is 5.89. The van der Waals surface area contributed by atoms with Crippen LogP contribution in [0.5, 0.6) is 0 Å². The standard InChI is InChI=1S/C69H66/c1-10-15-54(48-25-22-45(12-3)23-26-48)53-31-37-60-59-36-30-52(42-65(59)69(8,9)66(60)43-53)51-29-35-58-57-34-28-50(40-63(57)68(6,7)64(58)41-51)49-27-33-56-55-32-24-47(38-61(55)67(4,5)62(56)39-49)17-14-13-16-46-20-18-44(11-2)19-21-46/h11-12,18-43,54H,2-3,10,13-17H2,1,4-9H3. The van der Waals surface area contributed by atoms with Gasteiger partial charge in [0.15, 0.2) is 0 Å². The smallest absolute Gasteiger partial charge is 0.0159 e. The number of rotatable bonds is 13. The first kappa shape index (κ1) is 44.7. The molecule has 0 aliphatic heterocycles. The van der Waals surface area contributed by atoms with Crippen molar-refractivity contribution in [3.05, 3.63) is 238 Å². The van der Waals surface area contributed by atoms with Crippen molar-refractivity contribution in [3.8, 4) is 55.6 Å². The maximum Gasteiger partial charge on any atom is 0.0159 e. The third-order valence-electron chi connectivity index (χ3n) is 16.7. The summed E-state index contributed by atoms with van der Waals surface area (Å²) in [6.45, 7) is 24.7. The summed E-state index contributed by atoms with van der Waals surface area (Å²) < 4.78 is 0. The largest absolute Gasteiger partial charge is 0.0985 e. The molecule has 0 spiro atoms. The molecule has 0 saturated heterocycles. The molecule has 1 atom stereocenters. The molecule has 1 unspecified atom stereocenters. The Morgan fingerprint density at radius 2 is 0.710 bits per heavy atom. The average molecular weight is 895 g/mol. The second-order valence-electron chi connectivity index (χ2n) is 22.0. The van der Waals surface area contributed by atoms with E-state index >= 15 is 0 Å². The summed E-state index contributed by atoms with van der Waals surface area (Å²) >= 11 is 0. The van der Waals surface area contributed by atoms with Crippen LogP contribution in [-0.2, 0) is 29.1 Å². The lowest BCUT2D eigenvalue weighted by atomic mass is 9.78. The summed E-state index contributed by atoms with van der Waals surface area (Å²) in [5.41, 5.74) is 29.6. The van der Waals surface area contributed by atoms with Crippen LogP contribution in [0.2, 0.25) is 0 Å². The van der Waals surface area contributed by atoms with E-state index in [0.717, 1.165) is 25.7 Å². The zero-order valence-corrected chi connectivity index (χ0v) is 41.9. The first-order valence-corrected chi connectivity index (χ1v) is 25.6. The number of fused-ring (bicyclic) bond motifs is 9. The summed E-state index contributed by atoms with van der Waals surface area (Å²) in [4.78, 5) is 0. The molecule has 3 aliphatic carbocycles. The summed E-state index contributed by atoms with van der Waals surface area (Å²) in [5, 5.41) is 0. The van der Waals surface area contributed by atoms with Crippen molar-refractivity contribution in [1.82, 2.24) is 0 Å². The van der Waals surface area contributed by atoms with Crippen LogP contribution in [0, 0.1) is 0 Å². The van der Waals surface area contributed by atoms with Crippen LogP contribution in [0.4, 0.5) is 0 Å². The highest BCUT2D eigenvalue weighted by Gasteiger charge is 2.39. The number of benzene rings is 8. The first-order valence-electron chi connectivity index (χ1n) is 25.6. The topological polar surface area (TPSA) is 0 Å². The van der Waals surface area contributed by atoms with Gasteiger partial charge in [-0.3, -0.25) is 0 Å². The molecule has 0 saturated carbocycles. The number of aryl methyl sites for hydroxylation is 2. The van der Waals surface area contributed by atoms with E-state index in [9.17, 15) is 0 Å². The summed E-state index contributed by atoms with van der Waals surface area (Å²) in [5.74, 6) is 0.371. The molecule has 0 aromatic heterocycles. The lowest BCUT2D eigenvalue weighted by Gasteiger charge is -2.25. The molecule has 342 valence electrons. The van der Waals surface area contributed by atoms with Crippen LogP contribution >= 0.6 is 0 Å². The fourth-order valence-corrected chi connectivity index (χ4v) is 12.5. The zero-order valence-electron chi connectivity index (χ0n) is 41.9. The fraction of sp³-hybridized carbons (Fsp3) is 0.246. The summed E-state index contributed by atoms with van der Waals surface area (Å²) in [7, 11) is 0. The van der Waals surface area contributed by atoms with Crippen LogP contribution in [-0.4, -0.2) is 0 Å². The highest BCUT2D eigenvalue weighted by Crippen LogP contribution is 2.54. The predicted octanol–water partition coefficient (Wildman–Crippen LogP) is 18.7. The normalized spacial score (nSPS) is 15.3. The van der Waals surface area contributed by atoms with Gasteiger partial charge < -0.3 is 0 Å². The lowest BCUT2D eigenvalue weighted by molar-refractivity contribution is 0.653. The van der Waals surface area contributed by atoms with Crippen molar-refractivity contribution in [2.75, 3.05) is 0 Å². The molecule has 8 aromatic carbocycles. The van der Waals surface area contributed by atoms with Crippen LogP contribution in [0.1, 0.15) is 147 Å². The van der Waals surface area contributed by atoms with E-state index < -0.39 is 0 Å². The maximum atomic E-state index is 3.97. The Bertz CT molecular complexity index is 3330. The van der Waals surface area contributed by atoms with Crippen molar-refractivity contribution < 1.29 is 0 Å². The van der Waals surface area contributed by atoms with Crippen molar-refractivity contribution in [2.24, 2.45) is 0 Å². The Morgan fingerprint density at radius 1 is 0.377 bits per heavy atom. The van der Waals surface area contributed by atoms with Gasteiger partial charge in [0.25, 0.3) is 0 Å². The number of hydrogen-bond acceptors (Lipinski definition) is 0. The molecule has 11 rings (SSSR count). The van der Waals surface area contributed by atoms with Gasteiger partial charge in [-0.05, 0) is 179 Å². The fourth-order valence-electron chi connectivity index (χ4n) is 12.5. The van der Waals surface area contributed by atoms with Gasteiger partial charge in [0.1, 0.15) is 0 Å². The van der Waals surface area contributed by atoms with Gasteiger partial charge in [-0.25, -0.2) is 0 Å². The second kappa shape index (κ2) is 17.0. The molecular formula is C69H66. The van der Waals surface area contributed by atoms with Crippen LogP contribution in [0.3, 0.4) is 0 Å². The van der Waals surface area contributed by atoms with E-state index in [2.05, 4.69) is 219 Å². The molecule has 0 bridgehead atoms. The third-order valence-corrected chi connectivity index (χ3v) is 16.7. The minimum absolute atomic E-state index is 0.0682. The van der Waals surface area contributed by atoms with Gasteiger partial charge >= 0.3 is 0 Å². The van der Waals surface area contributed by atoms with Crippen LogP contribution in [0.15, 0.2) is 171 Å². The Labute approximate surface area is 412 Å². The van der Waals surface area contributed by atoms with E-state index in [-0.39, 0.29) is 16.2 Å². The van der Waals surface area contributed by atoms with Gasteiger partial charge in [-0.1, -0.05) is 214 Å². The van der Waals surface area contributed by atoms with E-state index in [1.165, 1.54) is 135 Å². The van der Waals surface area contributed by atoms with E-state index in [4.69, 9.17) is 0 Å². The van der Waals surface area contributed by atoms with E-state index in [0.29, 0.717) is 5.92 Å². The Hall–Kier alpha value is -6.76. The SMILES string of the molecule is C=Cc1ccc(CCCCc2ccc3c(c2)C(C)(C)c2cc(-c4ccc5c(c4)C(C)(C)c4cc(-c6ccc7c(c6)C(C)(C)c6cc(C(CCC)c8ccc(C=C)cc8)ccc6-7)ccc4-5)ccc2-3)cc1. The van der Waals surface area contributed by atoms with Crippen LogP contribution in [0.25, 0.3) is 67.8 Å². The molecule has 0 nitrogen and oxygen atoms in total. The molecule has 0 fully saturated rings. The molecule has 0 heteroatoms. The van der Waals surface area contributed by atoms with Crippen molar-refractivity contribution in [2.45, 2.75) is 109 Å². The summed E-state index contributed by atoms with van der Waals surface area (Å²) in [6.07, 6.45) is 10.7. The molecule has 3 aliphatic rings. The Kier molecular flexibility index (Phi) is 11.0. The second-order valence-corrected chi connectivity index (χ2v) is 22.0. The van der Waals surface area contributed by atoms with Crippen molar-refractivity contribution >= 4 is 12.2 Å². The van der Waals surface area contributed by atoms with Crippen molar-refractivity contribution in [1.29, 1.82) is 0 Å². The first-order chi connectivity index (χ1) is 33.3. The lowest BCUT2D eigenvalue weighted by Crippen LogP contribution is -2.16. The minimum Gasteiger partial charge on any atom is -0.0985 e. The van der Waals surface area contributed by atoms with Gasteiger partial charge in [0, 0.05) is 22.2 Å². The van der Waals surface area contributed by atoms with Crippen LogP contribution < -0.4 is 0 Å². The Morgan fingerprint density at radius 3 is 1.13 bits per heavy atom. The molecule has 0 radical (unpaired) electrons. The van der Waals surface area contributed by atoms with E-state index in [1.807, 2.05) is 12.2 Å². The number of unbranched alkanes of at least 4 members (excludes halogenated alkanes) is 1. The Balaban J connectivity index is 0.828. The minimum atomic E-state index is -0.140. The van der Waals surface area contributed by atoms with Gasteiger partial charge in [-0.15, -0.1) is 0 Å². The monoisotopic (exact) mass is 895 g/mol.